The van der Waals surface area contributed by atoms with E-state index in [1.807, 2.05) is 0 Å². The minimum absolute atomic E-state index is 1.03. The van der Waals surface area contributed by atoms with Gasteiger partial charge in [-0.15, -0.1) is 0 Å². The number of unbranched alkanes of at least 4 members (excludes halogenated alkanes) is 2. The van der Waals surface area contributed by atoms with Crippen LogP contribution >= 0.6 is 0 Å². The van der Waals surface area contributed by atoms with Crippen LogP contribution in [0.1, 0.15) is 50.9 Å². The lowest BCUT2D eigenvalue weighted by Gasteiger charge is -2.05. The third-order valence-corrected chi connectivity index (χ3v) is 3.76. The van der Waals surface area contributed by atoms with E-state index < -0.39 is 0 Å². The summed E-state index contributed by atoms with van der Waals surface area (Å²) in [5.74, 6) is 1.44. The van der Waals surface area contributed by atoms with Crippen molar-refractivity contribution in [3.63, 3.8) is 0 Å². The molecule has 0 saturated carbocycles. The van der Waals surface area contributed by atoms with Gasteiger partial charge in [-0.25, -0.2) is 9.13 Å². The Labute approximate surface area is 123 Å². The van der Waals surface area contributed by atoms with Gasteiger partial charge in [-0.3, -0.25) is 0 Å². The molecule has 1 aromatic carbocycles. The summed E-state index contributed by atoms with van der Waals surface area (Å²) >= 11 is 0. The van der Waals surface area contributed by atoms with Crippen molar-refractivity contribution >= 4 is 0 Å². The first-order valence-electron chi connectivity index (χ1n) is 7.96. The number of nitrogens with zero attached hydrogens (tertiary/aromatic N) is 2. The van der Waals surface area contributed by atoms with Gasteiger partial charge in [-0.2, -0.15) is 0 Å². The number of hydrogen-bond acceptors (Lipinski definition) is 0. The zero-order chi connectivity index (χ0) is 14.2. The normalized spacial score (nSPS) is 10.9. The van der Waals surface area contributed by atoms with Crippen molar-refractivity contribution in [3.05, 3.63) is 54.1 Å². The van der Waals surface area contributed by atoms with Gasteiger partial charge >= 0.3 is 0 Å². The van der Waals surface area contributed by atoms with Crippen molar-refractivity contribution < 1.29 is 4.57 Å². The van der Waals surface area contributed by atoms with Crippen molar-refractivity contribution in [2.24, 2.45) is 0 Å². The predicted molar refractivity (Wildman–Crippen MR) is 83.7 cm³/mol. The Morgan fingerprint density at radius 2 is 1.80 bits per heavy atom. The Kier molecular flexibility index (Phi) is 5.85. The standard InChI is InChI=1S/C18H27N2/c1-3-5-9-13-20-15-14-19(12-4-2)18(20)16-17-10-7-6-8-11-17/h6-8,10-11,14-15H,3-5,9,12-13,16H2,1-2H3/q+1. The summed E-state index contributed by atoms with van der Waals surface area (Å²) in [5, 5.41) is 0. The van der Waals surface area contributed by atoms with Crippen molar-refractivity contribution in [2.45, 2.75) is 59.0 Å². The Morgan fingerprint density at radius 3 is 2.50 bits per heavy atom. The topological polar surface area (TPSA) is 8.81 Å². The predicted octanol–water partition coefficient (Wildman–Crippen LogP) is 3.97. The van der Waals surface area contributed by atoms with E-state index in [0.717, 1.165) is 19.5 Å². The molecule has 0 spiro atoms. The molecule has 2 aromatic rings. The van der Waals surface area contributed by atoms with E-state index in [9.17, 15) is 0 Å². The monoisotopic (exact) mass is 271 g/mol. The number of hydrogen-bond donors (Lipinski definition) is 0. The van der Waals surface area contributed by atoms with Gasteiger partial charge in [0.2, 0.25) is 0 Å². The third-order valence-electron chi connectivity index (χ3n) is 3.76. The fourth-order valence-electron chi connectivity index (χ4n) is 2.66. The van der Waals surface area contributed by atoms with Crippen LogP contribution in [0.3, 0.4) is 0 Å². The third kappa shape index (κ3) is 3.96. The first-order chi connectivity index (χ1) is 9.85. The van der Waals surface area contributed by atoms with Crippen molar-refractivity contribution in [2.75, 3.05) is 0 Å². The van der Waals surface area contributed by atoms with E-state index in [1.165, 1.54) is 37.1 Å². The Balaban J connectivity index is 2.15. The number of benzene rings is 1. The summed E-state index contributed by atoms with van der Waals surface area (Å²) in [4.78, 5) is 0. The number of rotatable bonds is 8. The van der Waals surface area contributed by atoms with Crippen LogP contribution in [-0.2, 0) is 19.5 Å². The van der Waals surface area contributed by atoms with Crippen LogP contribution in [0.4, 0.5) is 0 Å². The average Bonchev–Trinajstić information content (AvgIpc) is 2.84. The van der Waals surface area contributed by atoms with Gasteiger partial charge in [0.15, 0.2) is 0 Å². The van der Waals surface area contributed by atoms with E-state index in [0.29, 0.717) is 0 Å². The van der Waals surface area contributed by atoms with Gasteiger partial charge in [-0.05, 0) is 24.8 Å². The molecular weight excluding hydrogens is 244 g/mol. The molecule has 1 aromatic heterocycles. The lowest BCUT2D eigenvalue weighted by molar-refractivity contribution is -0.703. The summed E-state index contributed by atoms with van der Waals surface area (Å²) in [7, 11) is 0. The van der Waals surface area contributed by atoms with Gasteiger partial charge in [0.05, 0.1) is 19.5 Å². The molecule has 0 amide bonds. The van der Waals surface area contributed by atoms with Crippen LogP contribution in [0.5, 0.6) is 0 Å². The molecule has 0 saturated heterocycles. The van der Waals surface area contributed by atoms with Crippen LogP contribution in [0.2, 0.25) is 0 Å². The summed E-state index contributed by atoms with van der Waals surface area (Å²) in [5.41, 5.74) is 1.40. The van der Waals surface area contributed by atoms with Crippen LogP contribution in [0, 0.1) is 0 Å². The molecular formula is C18H27N2+. The molecule has 0 atom stereocenters. The quantitative estimate of drug-likeness (QED) is 0.507. The number of aryl methyl sites for hydroxylation is 2. The maximum atomic E-state index is 2.44. The van der Waals surface area contributed by atoms with E-state index in [1.54, 1.807) is 0 Å². The molecule has 0 unspecified atom stereocenters. The molecule has 2 nitrogen and oxygen atoms in total. The van der Waals surface area contributed by atoms with Gasteiger partial charge < -0.3 is 0 Å². The molecule has 20 heavy (non-hydrogen) atoms. The van der Waals surface area contributed by atoms with Crippen molar-refractivity contribution in [1.29, 1.82) is 0 Å². The van der Waals surface area contributed by atoms with Gasteiger partial charge in [0.25, 0.3) is 5.82 Å². The molecule has 2 heteroatoms. The first-order valence-corrected chi connectivity index (χ1v) is 7.96. The molecule has 1 heterocycles. The SMILES string of the molecule is CCCCCn1cc[n+](CCC)c1Cc1ccccc1. The Morgan fingerprint density at radius 1 is 1.00 bits per heavy atom. The van der Waals surface area contributed by atoms with E-state index in [2.05, 4.69) is 65.7 Å². The zero-order valence-electron chi connectivity index (χ0n) is 12.9. The maximum Gasteiger partial charge on any atom is 0.260 e. The fraction of sp³-hybridized carbons (Fsp3) is 0.500. The summed E-state index contributed by atoms with van der Waals surface area (Å²) in [6.07, 6.45) is 10.6. The minimum atomic E-state index is 1.03. The highest BCUT2D eigenvalue weighted by Gasteiger charge is 2.16. The second-order valence-corrected chi connectivity index (χ2v) is 5.47. The summed E-state index contributed by atoms with van der Waals surface area (Å²) in [6.45, 7) is 6.77. The number of aromatic nitrogens is 2. The van der Waals surface area contributed by atoms with E-state index >= 15 is 0 Å². The minimum Gasteiger partial charge on any atom is -0.234 e. The van der Waals surface area contributed by atoms with Crippen LogP contribution in [0.15, 0.2) is 42.7 Å². The molecule has 0 N–H and O–H groups in total. The van der Waals surface area contributed by atoms with Crippen molar-refractivity contribution in [1.82, 2.24) is 4.57 Å². The largest absolute Gasteiger partial charge is 0.260 e. The molecule has 0 aliphatic carbocycles. The highest BCUT2D eigenvalue weighted by Crippen LogP contribution is 2.09. The molecule has 0 radical (unpaired) electrons. The summed E-state index contributed by atoms with van der Waals surface area (Å²) in [6, 6.07) is 10.8. The van der Waals surface area contributed by atoms with Crippen molar-refractivity contribution in [3.8, 4) is 0 Å². The van der Waals surface area contributed by atoms with Gasteiger partial charge in [0.1, 0.15) is 12.4 Å². The molecule has 0 aliphatic rings. The second-order valence-electron chi connectivity index (χ2n) is 5.47. The van der Waals surface area contributed by atoms with Gasteiger partial charge in [0, 0.05) is 0 Å². The highest BCUT2D eigenvalue weighted by atomic mass is 15.1. The molecule has 0 aliphatic heterocycles. The molecule has 0 fully saturated rings. The first kappa shape index (κ1) is 14.8. The average molecular weight is 271 g/mol. The molecule has 108 valence electrons. The van der Waals surface area contributed by atoms with Gasteiger partial charge in [-0.1, -0.05) is 50.6 Å². The highest BCUT2D eigenvalue weighted by molar-refractivity contribution is 5.18. The Bertz CT molecular complexity index is 499. The van der Waals surface area contributed by atoms with E-state index in [-0.39, 0.29) is 0 Å². The van der Waals surface area contributed by atoms with Crippen LogP contribution in [0.25, 0.3) is 0 Å². The smallest absolute Gasteiger partial charge is 0.234 e. The molecule has 2 rings (SSSR count). The van der Waals surface area contributed by atoms with Crippen LogP contribution < -0.4 is 4.57 Å². The lowest BCUT2D eigenvalue weighted by Crippen LogP contribution is -2.37. The Hall–Kier alpha value is -1.57. The molecule has 0 bridgehead atoms. The zero-order valence-corrected chi connectivity index (χ0v) is 12.9. The summed E-state index contributed by atoms with van der Waals surface area (Å²) < 4.78 is 4.86. The van der Waals surface area contributed by atoms with Crippen LogP contribution in [-0.4, -0.2) is 4.57 Å². The van der Waals surface area contributed by atoms with E-state index in [4.69, 9.17) is 0 Å². The second kappa shape index (κ2) is 7.88. The number of imidazole rings is 1. The maximum absolute atomic E-state index is 2.44. The fourth-order valence-corrected chi connectivity index (χ4v) is 2.66. The lowest BCUT2D eigenvalue weighted by atomic mass is 10.1.